The SMILES string of the molecule is CC1(CN)CCN(C(=O)c2cc(F)ccc2I)C1. The third-order valence-electron chi connectivity index (χ3n) is 3.50. The Morgan fingerprint density at radius 1 is 1.61 bits per heavy atom. The molecule has 0 aliphatic carbocycles. The summed E-state index contributed by atoms with van der Waals surface area (Å²) in [5, 5.41) is 0. The van der Waals surface area contributed by atoms with Gasteiger partial charge in [0.15, 0.2) is 0 Å². The van der Waals surface area contributed by atoms with Crippen LogP contribution in [0.1, 0.15) is 23.7 Å². The number of nitrogens with zero attached hydrogens (tertiary/aromatic N) is 1. The largest absolute Gasteiger partial charge is 0.338 e. The normalized spacial score (nSPS) is 23.4. The van der Waals surface area contributed by atoms with E-state index in [-0.39, 0.29) is 17.1 Å². The summed E-state index contributed by atoms with van der Waals surface area (Å²) in [4.78, 5) is 14.1. The molecule has 98 valence electrons. The second-order valence-corrected chi connectivity index (χ2v) is 6.28. The number of halogens is 2. The topological polar surface area (TPSA) is 46.3 Å². The smallest absolute Gasteiger partial charge is 0.255 e. The first kappa shape index (κ1) is 13.7. The number of nitrogens with two attached hydrogens (primary N) is 1. The summed E-state index contributed by atoms with van der Waals surface area (Å²) in [5.41, 5.74) is 6.16. The van der Waals surface area contributed by atoms with Gasteiger partial charge in [-0.25, -0.2) is 4.39 Å². The van der Waals surface area contributed by atoms with Crippen molar-refractivity contribution in [2.45, 2.75) is 13.3 Å². The van der Waals surface area contributed by atoms with E-state index in [0.29, 0.717) is 25.2 Å². The third-order valence-corrected chi connectivity index (χ3v) is 4.44. The Bertz CT molecular complexity index is 480. The van der Waals surface area contributed by atoms with Gasteiger partial charge in [-0.1, -0.05) is 6.92 Å². The van der Waals surface area contributed by atoms with Gasteiger partial charge in [0.1, 0.15) is 5.82 Å². The van der Waals surface area contributed by atoms with Gasteiger partial charge in [-0.2, -0.15) is 0 Å². The van der Waals surface area contributed by atoms with Crippen LogP contribution in [-0.2, 0) is 0 Å². The van der Waals surface area contributed by atoms with Crippen molar-refractivity contribution in [2.75, 3.05) is 19.6 Å². The van der Waals surface area contributed by atoms with Crippen LogP contribution in [0.3, 0.4) is 0 Å². The summed E-state index contributed by atoms with van der Waals surface area (Å²) < 4.78 is 14.0. The van der Waals surface area contributed by atoms with Gasteiger partial charge in [-0.3, -0.25) is 4.79 Å². The zero-order chi connectivity index (χ0) is 13.3. The lowest BCUT2D eigenvalue weighted by atomic mass is 9.90. The number of hydrogen-bond donors (Lipinski definition) is 1. The maximum atomic E-state index is 13.2. The van der Waals surface area contributed by atoms with Crippen LogP contribution in [0.4, 0.5) is 4.39 Å². The fraction of sp³-hybridized carbons (Fsp3) is 0.462. The van der Waals surface area contributed by atoms with Crippen molar-refractivity contribution >= 4 is 28.5 Å². The lowest BCUT2D eigenvalue weighted by molar-refractivity contribution is 0.0775. The Balaban J connectivity index is 2.20. The predicted molar refractivity (Wildman–Crippen MR) is 76.8 cm³/mol. The molecule has 1 aromatic rings. The van der Waals surface area contributed by atoms with Crippen molar-refractivity contribution < 1.29 is 9.18 Å². The van der Waals surface area contributed by atoms with Crippen molar-refractivity contribution in [2.24, 2.45) is 11.1 Å². The van der Waals surface area contributed by atoms with Gasteiger partial charge in [0.05, 0.1) is 5.56 Å². The zero-order valence-corrected chi connectivity index (χ0v) is 12.4. The predicted octanol–water partition coefficient (Wildman–Crippen LogP) is 2.24. The molecule has 1 fully saturated rings. The first-order valence-corrected chi connectivity index (χ1v) is 6.97. The molecule has 1 unspecified atom stereocenters. The fourth-order valence-corrected chi connectivity index (χ4v) is 2.76. The Morgan fingerprint density at radius 2 is 2.33 bits per heavy atom. The average Bonchev–Trinajstić information content (AvgIpc) is 2.75. The maximum absolute atomic E-state index is 13.2. The van der Waals surface area contributed by atoms with Crippen LogP contribution in [-0.4, -0.2) is 30.4 Å². The lowest BCUT2D eigenvalue weighted by Gasteiger charge is -2.22. The van der Waals surface area contributed by atoms with Gasteiger partial charge in [-0.15, -0.1) is 0 Å². The van der Waals surface area contributed by atoms with E-state index >= 15 is 0 Å². The molecule has 2 N–H and O–H groups in total. The summed E-state index contributed by atoms with van der Waals surface area (Å²) in [6.45, 7) is 3.99. The summed E-state index contributed by atoms with van der Waals surface area (Å²) in [7, 11) is 0. The monoisotopic (exact) mass is 362 g/mol. The molecule has 3 nitrogen and oxygen atoms in total. The maximum Gasteiger partial charge on any atom is 0.255 e. The highest BCUT2D eigenvalue weighted by molar-refractivity contribution is 14.1. The Morgan fingerprint density at radius 3 is 2.94 bits per heavy atom. The first-order chi connectivity index (χ1) is 8.45. The minimum Gasteiger partial charge on any atom is -0.338 e. The number of carbonyl (C=O) groups excluding carboxylic acids is 1. The van der Waals surface area contributed by atoms with Crippen molar-refractivity contribution in [3.8, 4) is 0 Å². The minimum absolute atomic E-state index is 0.00553. The van der Waals surface area contributed by atoms with Crippen LogP contribution in [0.2, 0.25) is 0 Å². The molecule has 1 amide bonds. The molecule has 0 saturated carbocycles. The Kier molecular flexibility index (Phi) is 3.91. The average molecular weight is 362 g/mol. The molecule has 1 saturated heterocycles. The quantitative estimate of drug-likeness (QED) is 0.821. The number of amides is 1. The minimum atomic E-state index is -0.375. The van der Waals surface area contributed by atoms with Gasteiger partial charge in [0.2, 0.25) is 0 Å². The van der Waals surface area contributed by atoms with Crippen LogP contribution >= 0.6 is 22.6 Å². The zero-order valence-electron chi connectivity index (χ0n) is 10.2. The van der Waals surface area contributed by atoms with Crippen LogP contribution in [0.25, 0.3) is 0 Å². The third kappa shape index (κ3) is 2.66. The fourth-order valence-electron chi connectivity index (χ4n) is 2.20. The molecule has 2 rings (SSSR count). The van der Waals surface area contributed by atoms with Crippen molar-refractivity contribution in [1.82, 2.24) is 4.90 Å². The molecule has 0 spiro atoms. The molecule has 0 radical (unpaired) electrons. The first-order valence-electron chi connectivity index (χ1n) is 5.90. The second-order valence-electron chi connectivity index (χ2n) is 5.12. The van der Waals surface area contributed by atoms with Crippen molar-refractivity contribution in [1.29, 1.82) is 0 Å². The van der Waals surface area contributed by atoms with Crippen LogP contribution in [0.15, 0.2) is 18.2 Å². The number of hydrogen-bond acceptors (Lipinski definition) is 2. The summed E-state index contributed by atoms with van der Waals surface area (Å²) in [5.74, 6) is -0.476. The number of carbonyl (C=O) groups is 1. The van der Waals surface area contributed by atoms with Crippen molar-refractivity contribution in [3.05, 3.63) is 33.1 Å². The Labute approximate surface area is 120 Å². The van der Waals surface area contributed by atoms with E-state index in [0.717, 1.165) is 9.99 Å². The highest BCUT2D eigenvalue weighted by atomic mass is 127. The molecular weight excluding hydrogens is 346 g/mol. The lowest BCUT2D eigenvalue weighted by Crippen LogP contribution is -2.34. The molecule has 1 aromatic carbocycles. The van der Waals surface area contributed by atoms with E-state index in [1.54, 1.807) is 11.0 Å². The van der Waals surface area contributed by atoms with Gasteiger partial charge in [0.25, 0.3) is 5.91 Å². The molecule has 1 heterocycles. The molecule has 0 aromatic heterocycles. The number of likely N-dealkylation sites (tertiary alicyclic amines) is 1. The van der Waals surface area contributed by atoms with E-state index in [9.17, 15) is 9.18 Å². The Hall–Kier alpha value is -0.690. The molecule has 5 heteroatoms. The summed E-state index contributed by atoms with van der Waals surface area (Å²) in [6, 6.07) is 4.30. The van der Waals surface area contributed by atoms with E-state index in [1.165, 1.54) is 12.1 Å². The van der Waals surface area contributed by atoms with Gasteiger partial charge in [0, 0.05) is 16.7 Å². The highest BCUT2D eigenvalue weighted by Gasteiger charge is 2.35. The van der Waals surface area contributed by atoms with E-state index in [2.05, 4.69) is 29.5 Å². The molecule has 18 heavy (non-hydrogen) atoms. The molecule has 1 aliphatic heterocycles. The van der Waals surface area contributed by atoms with E-state index in [4.69, 9.17) is 5.73 Å². The van der Waals surface area contributed by atoms with Crippen molar-refractivity contribution in [3.63, 3.8) is 0 Å². The van der Waals surface area contributed by atoms with Crippen LogP contribution in [0, 0.1) is 14.8 Å². The van der Waals surface area contributed by atoms with Gasteiger partial charge in [-0.05, 0) is 59.2 Å². The molecule has 0 bridgehead atoms. The highest BCUT2D eigenvalue weighted by Crippen LogP contribution is 2.30. The molecule has 1 aliphatic rings. The standard InChI is InChI=1S/C13H16FIN2O/c1-13(7-16)4-5-17(8-13)12(18)10-6-9(14)2-3-11(10)15/h2-3,6H,4-5,7-8,16H2,1H3. The van der Waals surface area contributed by atoms with E-state index in [1.807, 2.05) is 0 Å². The van der Waals surface area contributed by atoms with Crippen LogP contribution in [0.5, 0.6) is 0 Å². The number of rotatable bonds is 2. The number of benzene rings is 1. The summed E-state index contributed by atoms with van der Waals surface area (Å²) in [6.07, 6.45) is 0.904. The second kappa shape index (κ2) is 5.13. The van der Waals surface area contributed by atoms with Crippen LogP contribution < -0.4 is 5.73 Å². The van der Waals surface area contributed by atoms with Gasteiger partial charge >= 0.3 is 0 Å². The molecular formula is C13H16FIN2O. The molecule has 1 atom stereocenters. The van der Waals surface area contributed by atoms with Gasteiger partial charge < -0.3 is 10.6 Å². The summed E-state index contributed by atoms with van der Waals surface area (Å²) >= 11 is 2.06. The van der Waals surface area contributed by atoms with E-state index < -0.39 is 0 Å².